The van der Waals surface area contributed by atoms with E-state index in [1.54, 1.807) is 11.1 Å². The summed E-state index contributed by atoms with van der Waals surface area (Å²) in [5.74, 6) is 0.198. The van der Waals surface area contributed by atoms with Gasteiger partial charge < -0.3 is 4.90 Å². The molecule has 1 fully saturated rings. The largest absolute Gasteiger partial charge is 0.338 e. The minimum Gasteiger partial charge on any atom is -0.338 e. The summed E-state index contributed by atoms with van der Waals surface area (Å²) in [7, 11) is -2.69. The Kier molecular flexibility index (Phi) is 6.01. The van der Waals surface area contributed by atoms with Gasteiger partial charge in [0.15, 0.2) is 0 Å². The minimum absolute atomic E-state index is 0.0532. The molecule has 1 atom stereocenters. The van der Waals surface area contributed by atoms with Gasteiger partial charge in [0.1, 0.15) is 0 Å². The summed E-state index contributed by atoms with van der Waals surface area (Å²) in [6.07, 6.45) is 4.65. The zero-order valence-electron chi connectivity index (χ0n) is 18.2. The fourth-order valence-electron chi connectivity index (χ4n) is 4.31. The van der Waals surface area contributed by atoms with Crippen LogP contribution in [0.1, 0.15) is 48.3 Å². The molecule has 1 unspecified atom stereocenters. The van der Waals surface area contributed by atoms with E-state index < -0.39 is 15.1 Å². The van der Waals surface area contributed by atoms with Gasteiger partial charge in [-0.05, 0) is 31.2 Å². The van der Waals surface area contributed by atoms with Crippen LogP contribution in [0.2, 0.25) is 0 Å². The summed E-state index contributed by atoms with van der Waals surface area (Å²) in [4.78, 5) is 27.7. The molecular weight excluding hydrogens is 412 g/mol. The van der Waals surface area contributed by atoms with Crippen LogP contribution in [0.3, 0.4) is 0 Å². The number of fused-ring (bicyclic) bond motifs is 1. The molecule has 0 radical (unpaired) electrons. The Balaban J connectivity index is 1.46. The van der Waals surface area contributed by atoms with Gasteiger partial charge in [-0.2, -0.15) is 9.46 Å². The molecule has 1 saturated heterocycles. The molecule has 31 heavy (non-hydrogen) atoms. The maximum Gasteiger partial charge on any atom is 0.259 e. The standard InChI is InChI=1S/C23H30N4O3S/c1-23(2,16-18-8-4-3-5-9-18)22(29)25-31(30)14-7-11-26(13-15-31)21(28)19-17-24-27-12-6-10-20(19)27/h3-5,8-9,17H,6-7,10-16H2,1-2H3. The van der Waals surface area contributed by atoms with Crippen molar-refractivity contribution in [1.29, 1.82) is 0 Å². The number of carbonyl (C=O) groups excluding carboxylic acids is 2. The van der Waals surface area contributed by atoms with Crippen LogP contribution < -0.4 is 0 Å². The first kappa shape index (κ1) is 21.7. The molecule has 2 aliphatic rings. The molecule has 166 valence electrons. The lowest BCUT2D eigenvalue weighted by Crippen LogP contribution is -2.34. The Morgan fingerprint density at radius 2 is 1.87 bits per heavy atom. The van der Waals surface area contributed by atoms with E-state index in [9.17, 15) is 13.8 Å². The minimum atomic E-state index is -2.69. The third-order valence-electron chi connectivity index (χ3n) is 6.14. The number of aromatic nitrogens is 2. The van der Waals surface area contributed by atoms with Crippen molar-refractivity contribution in [3.63, 3.8) is 0 Å². The molecule has 0 spiro atoms. The van der Waals surface area contributed by atoms with E-state index >= 15 is 0 Å². The van der Waals surface area contributed by atoms with Crippen molar-refractivity contribution in [3.05, 3.63) is 53.3 Å². The Morgan fingerprint density at radius 1 is 1.10 bits per heavy atom. The summed E-state index contributed by atoms with van der Waals surface area (Å²) in [6, 6.07) is 9.80. The van der Waals surface area contributed by atoms with Crippen molar-refractivity contribution in [2.75, 3.05) is 24.6 Å². The van der Waals surface area contributed by atoms with Crippen molar-refractivity contribution in [2.45, 2.75) is 46.1 Å². The Hall–Kier alpha value is -2.48. The highest BCUT2D eigenvalue weighted by atomic mass is 32.2. The SMILES string of the molecule is CC(C)(Cc1ccccc1)C(=O)N=S1(=O)CCCN(C(=O)c2cnn3c2CCC3)CC1. The van der Waals surface area contributed by atoms with E-state index in [1.807, 2.05) is 48.9 Å². The van der Waals surface area contributed by atoms with E-state index in [-0.39, 0.29) is 17.6 Å². The van der Waals surface area contributed by atoms with Gasteiger partial charge in [-0.15, -0.1) is 0 Å². The van der Waals surface area contributed by atoms with Crippen LogP contribution in [-0.2, 0) is 33.9 Å². The Labute approximate surface area is 184 Å². The lowest BCUT2D eigenvalue weighted by molar-refractivity contribution is -0.125. The molecule has 4 rings (SSSR count). The van der Waals surface area contributed by atoms with E-state index in [4.69, 9.17) is 0 Å². The van der Waals surface area contributed by atoms with Crippen molar-refractivity contribution < 1.29 is 13.8 Å². The zero-order chi connectivity index (χ0) is 22.1. The van der Waals surface area contributed by atoms with Crippen molar-refractivity contribution in [3.8, 4) is 0 Å². The maximum atomic E-state index is 13.4. The number of benzene rings is 1. The van der Waals surface area contributed by atoms with Crippen LogP contribution in [0.25, 0.3) is 0 Å². The smallest absolute Gasteiger partial charge is 0.259 e. The molecule has 2 amide bonds. The van der Waals surface area contributed by atoms with Crippen LogP contribution in [-0.4, -0.2) is 55.3 Å². The third kappa shape index (κ3) is 4.74. The van der Waals surface area contributed by atoms with Crippen LogP contribution in [0.15, 0.2) is 40.9 Å². The second-order valence-electron chi connectivity index (χ2n) is 9.10. The predicted molar refractivity (Wildman–Crippen MR) is 120 cm³/mol. The molecule has 1 aromatic heterocycles. The predicted octanol–water partition coefficient (Wildman–Crippen LogP) is 2.94. The number of hydrogen-bond acceptors (Lipinski definition) is 4. The van der Waals surface area contributed by atoms with Gasteiger partial charge in [-0.1, -0.05) is 44.2 Å². The summed E-state index contributed by atoms with van der Waals surface area (Å²) < 4.78 is 19.6. The lowest BCUT2D eigenvalue weighted by Gasteiger charge is -2.21. The third-order valence-corrected chi connectivity index (χ3v) is 8.38. The fraction of sp³-hybridized carbons (Fsp3) is 0.522. The zero-order valence-corrected chi connectivity index (χ0v) is 19.1. The first-order valence-electron chi connectivity index (χ1n) is 10.9. The molecule has 0 aliphatic carbocycles. The maximum absolute atomic E-state index is 13.4. The highest BCUT2D eigenvalue weighted by molar-refractivity contribution is 7.93. The van der Waals surface area contributed by atoms with Crippen molar-refractivity contribution in [2.24, 2.45) is 9.78 Å². The number of carbonyl (C=O) groups is 2. The summed E-state index contributed by atoms with van der Waals surface area (Å²) >= 11 is 0. The first-order chi connectivity index (χ1) is 14.8. The van der Waals surface area contributed by atoms with Gasteiger partial charge in [0.05, 0.1) is 32.6 Å². The number of nitrogens with zero attached hydrogens (tertiary/aromatic N) is 4. The van der Waals surface area contributed by atoms with E-state index in [0.717, 1.165) is 30.6 Å². The van der Waals surface area contributed by atoms with Crippen molar-refractivity contribution in [1.82, 2.24) is 14.7 Å². The highest BCUT2D eigenvalue weighted by Crippen LogP contribution is 2.25. The first-order valence-corrected chi connectivity index (χ1v) is 12.8. The average molecular weight is 443 g/mol. The van der Waals surface area contributed by atoms with Gasteiger partial charge in [-0.3, -0.25) is 14.3 Å². The molecule has 1 aromatic carbocycles. The molecular formula is C23H30N4O3S. The highest BCUT2D eigenvalue weighted by Gasteiger charge is 2.31. The van der Waals surface area contributed by atoms with Crippen LogP contribution >= 0.6 is 0 Å². The van der Waals surface area contributed by atoms with Crippen LogP contribution in [0.5, 0.6) is 0 Å². The van der Waals surface area contributed by atoms with Gasteiger partial charge >= 0.3 is 0 Å². The van der Waals surface area contributed by atoms with Crippen LogP contribution in [0, 0.1) is 5.41 Å². The Morgan fingerprint density at radius 3 is 2.65 bits per heavy atom. The monoisotopic (exact) mass is 442 g/mol. The molecule has 2 aromatic rings. The lowest BCUT2D eigenvalue weighted by atomic mass is 9.85. The van der Waals surface area contributed by atoms with Crippen molar-refractivity contribution >= 4 is 21.5 Å². The summed E-state index contributed by atoms with van der Waals surface area (Å²) in [5.41, 5.74) is 1.98. The average Bonchev–Trinajstić information content (AvgIpc) is 3.29. The van der Waals surface area contributed by atoms with Gasteiger partial charge in [-0.25, -0.2) is 4.21 Å². The quantitative estimate of drug-likeness (QED) is 0.729. The topological polar surface area (TPSA) is 84.6 Å². The van der Waals surface area contributed by atoms with E-state index in [1.165, 1.54) is 0 Å². The van der Waals surface area contributed by atoms with E-state index in [2.05, 4.69) is 9.46 Å². The molecule has 7 nitrogen and oxygen atoms in total. The van der Waals surface area contributed by atoms with Gasteiger partial charge in [0.2, 0.25) is 0 Å². The van der Waals surface area contributed by atoms with Crippen LogP contribution in [0.4, 0.5) is 0 Å². The Bertz CT molecular complexity index is 1100. The number of amides is 2. The molecule has 2 aliphatic heterocycles. The molecule has 8 heteroatoms. The van der Waals surface area contributed by atoms with Gasteiger partial charge in [0, 0.05) is 31.1 Å². The number of aryl methyl sites for hydroxylation is 1. The second-order valence-corrected chi connectivity index (χ2v) is 11.6. The number of hydrogen-bond donors (Lipinski definition) is 0. The molecule has 0 bridgehead atoms. The second kappa shape index (κ2) is 8.57. The normalized spacial score (nSPS) is 21.4. The van der Waals surface area contributed by atoms with Gasteiger partial charge in [0.25, 0.3) is 11.8 Å². The molecule has 0 N–H and O–H groups in total. The number of rotatable bonds is 4. The summed E-state index contributed by atoms with van der Waals surface area (Å²) in [6.45, 7) is 5.43. The van der Waals surface area contributed by atoms with E-state index in [0.29, 0.717) is 37.2 Å². The summed E-state index contributed by atoms with van der Waals surface area (Å²) in [5, 5.41) is 4.31. The molecule has 0 saturated carbocycles. The molecule has 3 heterocycles. The fourth-order valence-corrected chi connectivity index (χ4v) is 6.33.